The van der Waals surface area contributed by atoms with Crippen molar-refractivity contribution in [3.05, 3.63) is 34.9 Å². The first-order valence-electron chi connectivity index (χ1n) is 8.81. The van der Waals surface area contributed by atoms with Gasteiger partial charge in [0.1, 0.15) is 0 Å². The molecule has 2 N–H and O–H groups in total. The van der Waals surface area contributed by atoms with E-state index in [1.54, 1.807) is 24.0 Å². The van der Waals surface area contributed by atoms with Crippen LogP contribution in [0, 0.1) is 12.8 Å². The number of nitrogens with one attached hydrogen (secondary N) is 1. The summed E-state index contributed by atoms with van der Waals surface area (Å²) < 4.78 is 0. The molecule has 25 heavy (non-hydrogen) atoms. The number of likely N-dealkylation sites (tertiary alicyclic amines) is 1. The lowest BCUT2D eigenvalue weighted by Gasteiger charge is -2.33. The monoisotopic (exact) mass is 346 g/mol. The maximum absolute atomic E-state index is 12.8. The van der Waals surface area contributed by atoms with Gasteiger partial charge in [0.2, 0.25) is 5.91 Å². The molecule has 1 fully saturated rings. The van der Waals surface area contributed by atoms with Crippen molar-refractivity contribution in [3.63, 3.8) is 0 Å². The largest absolute Gasteiger partial charge is 0.478 e. The minimum absolute atomic E-state index is 0.0516. The van der Waals surface area contributed by atoms with Crippen molar-refractivity contribution >= 4 is 17.8 Å². The van der Waals surface area contributed by atoms with Gasteiger partial charge < -0.3 is 15.3 Å². The van der Waals surface area contributed by atoms with Gasteiger partial charge in [-0.3, -0.25) is 9.59 Å². The van der Waals surface area contributed by atoms with Gasteiger partial charge in [0, 0.05) is 31.6 Å². The molecule has 2 rings (SSSR count). The average molecular weight is 346 g/mol. The number of benzene rings is 1. The zero-order valence-corrected chi connectivity index (χ0v) is 14.9. The van der Waals surface area contributed by atoms with E-state index >= 15 is 0 Å². The summed E-state index contributed by atoms with van der Waals surface area (Å²) in [6.45, 7) is 5.58. The van der Waals surface area contributed by atoms with Crippen LogP contribution >= 0.6 is 0 Å². The fourth-order valence-corrected chi connectivity index (χ4v) is 3.20. The molecule has 0 aliphatic carbocycles. The lowest BCUT2D eigenvalue weighted by molar-refractivity contribution is -0.121. The first kappa shape index (κ1) is 19.0. The second-order valence-electron chi connectivity index (χ2n) is 6.71. The molecule has 0 bridgehead atoms. The summed E-state index contributed by atoms with van der Waals surface area (Å²) in [5.74, 6) is -0.887. The molecule has 1 aromatic rings. The molecule has 6 nitrogen and oxygen atoms in total. The first-order chi connectivity index (χ1) is 11.9. The Morgan fingerprint density at radius 2 is 1.96 bits per heavy atom. The number of hydrogen-bond donors (Lipinski definition) is 2. The predicted molar refractivity (Wildman–Crippen MR) is 94.7 cm³/mol. The van der Waals surface area contributed by atoms with Crippen molar-refractivity contribution in [2.45, 2.75) is 39.5 Å². The molecular formula is C19H26N2O4. The molecule has 0 radical (unpaired) electrons. The zero-order valence-electron chi connectivity index (χ0n) is 14.9. The minimum Gasteiger partial charge on any atom is -0.478 e. The van der Waals surface area contributed by atoms with Crippen LogP contribution in [0.25, 0.3) is 0 Å². The molecule has 1 aliphatic rings. The number of nitrogens with zero attached hydrogens (tertiary/aromatic N) is 1. The Balaban J connectivity index is 2.02. The molecule has 1 aromatic carbocycles. The summed E-state index contributed by atoms with van der Waals surface area (Å²) in [4.78, 5) is 37.3. The summed E-state index contributed by atoms with van der Waals surface area (Å²) in [6, 6.07) is 4.72. The standard InChI is InChI=1S/C19H26N2O4/c1-3-5-17(22)20-11-14-6-4-7-21(12-14)18(23)15-8-13(2)9-16(10-15)19(24)25/h8-10,14H,3-7,11-12H2,1-2H3,(H,20,22)(H,24,25). The molecule has 1 aliphatic heterocycles. The van der Waals surface area contributed by atoms with Crippen LogP contribution in [0.1, 0.15) is 58.9 Å². The molecule has 0 saturated carbocycles. The van der Waals surface area contributed by atoms with Crippen molar-refractivity contribution in [1.29, 1.82) is 0 Å². The molecule has 1 atom stereocenters. The van der Waals surface area contributed by atoms with E-state index in [1.165, 1.54) is 6.07 Å². The van der Waals surface area contributed by atoms with Gasteiger partial charge in [-0.05, 0) is 55.9 Å². The molecule has 0 spiro atoms. The van der Waals surface area contributed by atoms with Crippen LogP contribution in [0.5, 0.6) is 0 Å². The van der Waals surface area contributed by atoms with E-state index in [4.69, 9.17) is 5.11 Å². The van der Waals surface area contributed by atoms with E-state index in [2.05, 4.69) is 5.32 Å². The molecule has 1 saturated heterocycles. The van der Waals surface area contributed by atoms with E-state index < -0.39 is 5.97 Å². The number of piperidine rings is 1. The number of amides is 2. The number of aryl methyl sites for hydroxylation is 1. The SMILES string of the molecule is CCCC(=O)NCC1CCCN(C(=O)c2cc(C)cc(C(=O)O)c2)C1. The molecule has 6 heteroatoms. The predicted octanol–water partition coefficient (Wildman–Crippen LogP) is 2.46. The van der Waals surface area contributed by atoms with Gasteiger partial charge in [-0.25, -0.2) is 4.79 Å². The minimum atomic E-state index is -1.03. The Kier molecular flexibility index (Phi) is 6.56. The highest BCUT2D eigenvalue weighted by molar-refractivity contribution is 5.97. The lowest BCUT2D eigenvalue weighted by atomic mass is 9.96. The summed E-state index contributed by atoms with van der Waals surface area (Å²) in [5.41, 5.74) is 1.29. The summed E-state index contributed by atoms with van der Waals surface area (Å²) in [5, 5.41) is 12.1. The topological polar surface area (TPSA) is 86.7 Å². The van der Waals surface area contributed by atoms with Crippen LogP contribution in [-0.4, -0.2) is 47.4 Å². The molecular weight excluding hydrogens is 320 g/mol. The maximum Gasteiger partial charge on any atom is 0.335 e. The van der Waals surface area contributed by atoms with Crippen molar-refractivity contribution in [3.8, 4) is 0 Å². The van der Waals surface area contributed by atoms with Crippen LogP contribution < -0.4 is 5.32 Å². The Labute approximate surface area is 148 Å². The first-order valence-corrected chi connectivity index (χ1v) is 8.81. The summed E-state index contributed by atoms with van der Waals surface area (Å²) >= 11 is 0. The van der Waals surface area contributed by atoms with Gasteiger partial charge in [-0.1, -0.05) is 6.92 Å². The molecule has 0 aromatic heterocycles. The fourth-order valence-electron chi connectivity index (χ4n) is 3.20. The molecule has 2 amide bonds. The van der Waals surface area contributed by atoms with E-state index in [9.17, 15) is 14.4 Å². The van der Waals surface area contributed by atoms with Gasteiger partial charge in [-0.15, -0.1) is 0 Å². The Bertz CT molecular complexity index is 657. The number of carboxylic acids is 1. The Morgan fingerprint density at radius 1 is 1.24 bits per heavy atom. The third-order valence-corrected chi connectivity index (χ3v) is 4.44. The van der Waals surface area contributed by atoms with Crippen LogP contribution in [0.4, 0.5) is 0 Å². The summed E-state index contributed by atoms with van der Waals surface area (Å²) in [7, 11) is 0. The van der Waals surface area contributed by atoms with Gasteiger partial charge in [0.15, 0.2) is 0 Å². The van der Waals surface area contributed by atoms with Gasteiger partial charge >= 0.3 is 5.97 Å². The number of aromatic carboxylic acids is 1. The number of carbonyl (C=O) groups excluding carboxylic acids is 2. The second kappa shape index (κ2) is 8.65. The van der Waals surface area contributed by atoms with Gasteiger partial charge in [-0.2, -0.15) is 0 Å². The van der Waals surface area contributed by atoms with Crippen LogP contribution in [0.3, 0.4) is 0 Å². The van der Waals surface area contributed by atoms with Crippen molar-refractivity contribution < 1.29 is 19.5 Å². The molecule has 1 heterocycles. The molecule has 136 valence electrons. The van der Waals surface area contributed by atoms with Gasteiger partial charge in [0.05, 0.1) is 5.56 Å². The fraction of sp³-hybridized carbons (Fsp3) is 0.526. The van der Waals surface area contributed by atoms with Gasteiger partial charge in [0.25, 0.3) is 5.91 Å². The van der Waals surface area contributed by atoms with E-state index in [0.29, 0.717) is 31.6 Å². The highest BCUT2D eigenvalue weighted by atomic mass is 16.4. The van der Waals surface area contributed by atoms with Crippen LogP contribution in [-0.2, 0) is 4.79 Å². The van der Waals surface area contributed by atoms with E-state index in [0.717, 1.165) is 24.8 Å². The van der Waals surface area contributed by atoms with E-state index in [1.807, 2.05) is 6.92 Å². The average Bonchev–Trinajstić information content (AvgIpc) is 2.59. The van der Waals surface area contributed by atoms with Crippen LogP contribution in [0.2, 0.25) is 0 Å². The number of carbonyl (C=O) groups is 3. The number of carboxylic acid groups (broad SMARTS) is 1. The lowest BCUT2D eigenvalue weighted by Crippen LogP contribution is -2.43. The third-order valence-electron chi connectivity index (χ3n) is 4.44. The maximum atomic E-state index is 12.8. The highest BCUT2D eigenvalue weighted by Gasteiger charge is 2.25. The van der Waals surface area contributed by atoms with Crippen molar-refractivity contribution in [1.82, 2.24) is 10.2 Å². The quantitative estimate of drug-likeness (QED) is 0.828. The highest BCUT2D eigenvalue weighted by Crippen LogP contribution is 2.19. The summed E-state index contributed by atoms with van der Waals surface area (Å²) in [6.07, 6.45) is 3.21. The number of hydrogen-bond acceptors (Lipinski definition) is 3. The third kappa shape index (κ3) is 5.31. The van der Waals surface area contributed by atoms with Crippen molar-refractivity contribution in [2.24, 2.45) is 5.92 Å². The van der Waals surface area contributed by atoms with Crippen LogP contribution in [0.15, 0.2) is 18.2 Å². The second-order valence-corrected chi connectivity index (χ2v) is 6.71. The Morgan fingerprint density at radius 3 is 2.64 bits per heavy atom. The smallest absolute Gasteiger partial charge is 0.335 e. The van der Waals surface area contributed by atoms with Crippen molar-refractivity contribution in [2.75, 3.05) is 19.6 Å². The zero-order chi connectivity index (χ0) is 18.4. The van der Waals surface area contributed by atoms with E-state index in [-0.39, 0.29) is 23.3 Å². The Hall–Kier alpha value is -2.37. The molecule has 1 unspecified atom stereocenters. The normalized spacial score (nSPS) is 17.2. The number of rotatable bonds is 6.